The molecule has 0 saturated carbocycles. The van der Waals surface area contributed by atoms with Crippen molar-refractivity contribution in [1.29, 1.82) is 0 Å². The predicted molar refractivity (Wildman–Crippen MR) is 76.3 cm³/mol. The average Bonchev–Trinajstić information content (AvgIpc) is 2.37. The molecule has 98 valence electrons. The first-order chi connectivity index (χ1) is 8.64. The summed E-state index contributed by atoms with van der Waals surface area (Å²) >= 11 is 0. The van der Waals surface area contributed by atoms with Crippen molar-refractivity contribution < 1.29 is 5.11 Å². The summed E-state index contributed by atoms with van der Waals surface area (Å²) < 4.78 is 0. The van der Waals surface area contributed by atoms with E-state index in [0.29, 0.717) is 6.54 Å². The Morgan fingerprint density at radius 3 is 2.61 bits per heavy atom. The van der Waals surface area contributed by atoms with E-state index in [0.717, 1.165) is 24.9 Å². The zero-order valence-electron chi connectivity index (χ0n) is 11.4. The number of nitrogens with one attached hydrogen (secondary N) is 1. The van der Waals surface area contributed by atoms with E-state index in [2.05, 4.69) is 31.0 Å². The van der Waals surface area contributed by atoms with Crippen LogP contribution in [0.25, 0.3) is 0 Å². The molecule has 0 heterocycles. The fourth-order valence-electron chi connectivity index (χ4n) is 1.78. The second-order valence-electron chi connectivity index (χ2n) is 5.26. The van der Waals surface area contributed by atoms with E-state index in [1.165, 1.54) is 0 Å². The molecular formula is C16H23NO. The lowest BCUT2D eigenvalue weighted by molar-refractivity contribution is 0.238. The van der Waals surface area contributed by atoms with Crippen LogP contribution >= 0.6 is 0 Å². The fourth-order valence-corrected chi connectivity index (χ4v) is 1.78. The third-order valence-electron chi connectivity index (χ3n) is 2.84. The van der Waals surface area contributed by atoms with E-state index in [1.807, 2.05) is 30.3 Å². The largest absolute Gasteiger partial charge is 0.396 e. The minimum absolute atomic E-state index is 0.219. The lowest BCUT2D eigenvalue weighted by Gasteiger charge is -2.24. The Balaban J connectivity index is 2.25. The van der Waals surface area contributed by atoms with E-state index in [9.17, 15) is 0 Å². The van der Waals surface area contributed by atoms with Gasteiger partial charge in [0.2, 0.25) is 0 Å². The molecule has 18 heavy (non-hydrogen) atoms. The first-order valence-electron chi connectivity index (χ1n) is 6.49. The Morgan fingerprint density at radius 1 is 1.22 bits per heavy atom. The molecule has 0 spiro atoms. The SMILES string of the molecule is CC(C)(CCCO)CNCC#Cc1ccccc1. The van der Waals surface area contributed by atoms with Crippen LogP contribution in [0.15, 0.2) is 30.3 Å². The number of aliphatic hydroxyl groups is 1. The van der Waals surface area contributed by atoms with E-state index in [-0.39, 0.29) is 12.0 Å². The Kier molecular flexibility index (Phi) is 6.49. The van der Waals surface area contributed by atoms with Crippen LogP contribution in [0.2, 0.25) is 0 Å². The van der Waals surface area contributed by atoms with Crippen LogP contribution in [0, 0.1) is 17.3 Å². The van der Waals surface area contributed by atoms with Crippen molar-refractivity contribution in [2.75, 3.05) is 19.7 Å². The Labute approximate surface area is 110 Å². The first kappa shape index (κ1) is 14.8. The highest BCUT2D eigenvalue weighted by Gasteiger charge is 2.15. The molecule has 2 nitrogen and oxygen atoms in total. The molecule has 0 bridgehead atoms. The topological polar surface area (TPSA) is 32.3 Å². The molecule has 0 atom stereocenters. The van der Waals surface area contributed by atoms with Crippen LogP contribution in [0.1, 0.15) is 32.3 Å². The normalized spacial score (nSPS) is 10.8. The van der Waals surface area contributed by atoms with E-state index in [1.54, 1.807) is 0 Å². The van der Waals surface area contributed by atoms with Gasteiger partial charge in [0, 0.05) is 18.7 Å². The van der Waals surface area contributed by atoms with Gasteiger partial charge < -0.3 is 10.4 Å². The van der Waals surface area contributed by atoms with Gasteiger partial charge in [0.1, 0.15) is 0 Å². The van der Waals surface area contributed by atoms with Gasteiger partial charge in [-0.1, -0.05) is 43.9 Å². The zero-order valence-corrected chi connectivity index (χ0v) is 11.4. The molecule has 0 saturated heterocycles. The molecule has 1 rings (SSSR count). The lowest BCUT2D eigenvalue weighted by atomic mass is 9.88. The summed E-state index contributed by atoms with van der Waals surface area (Å²) in [6, 6.07) is 10.0. The fraction of sp³-hybridized carbons (Fsp3) is 0.500. The Hall–Kier alpha value is -1.30. The molecule has 0 amide bonds. The van der Waals surface area contributed by atoms with E-state index >= 15 is 0 Å². The van der Waals surface area contributed by atoms with Crippen LogP contribution < -0.4 is 5.32 Å². The number of rotatable bonds is 6. The molecule has 0 aromatic heterocycles. The molecule has 0 fully saturated rings. The highest BCUT2D eigenvalue weighted by Crippen LogP contribution is 2.20. The summed E-state index contributed by atoms with van der Waals surface area (Å²) in [5.74, 6) is 6.24. The molecule has 1 aromatic rings. The highest BCUT2D eigenvalue weighted by molar-refractivity contribution is 5.33. The van der Waals surface area contributed by atoms with Crippen molar-refractivity contribution in [2.24, 2.45) is 5.41 Å². The number of benzene rings is 1. The summed E-state index contributed by atoms with van der Waals surface area (Å²) in [6.07, 6.45) is 1.90. The number of hydrogen-bond donors (Lipinski definition) is 2. The maximum atomic E-state index is 8.82. The van der Waals surface area contributed by atoms with Gasteiger partial charge in [0.15, 0.2) is 0 Å². The summed E-state index contributed by atoms with van der Waals surface area (Å²) in [5.41, 5.74) is 1.27. The Bertz CT molecular complexity index is 387. The van der Waals surface area contributed by atoms with Gasteiger partial charge in [-0.15, -0.1) is 0 Å². The van der Waals surface area contributed by atoms with Crippen LogP contribution in [0.3, 0.4) is 0 Å². The van der Waals surface area contributed by atoms with Gasteiger partial charge in [0.05, 0.1) is 6.54 Å². The summed E-state index contributed by atoms with van der Waals surface area (Å²) in [6.45, 7) is 6.33. The lowest BCUT2D eigenvalue weighted by Crippen LogP contribution is -2.29. The van der Waals surface area contributed by atoms with Gasteiger partial charge in [-0.3, -0.25) is 0 Å². The van der Waals surface area contributed by atoms with Crippen molar-refractivity contribution >= 4 is 0 Å². The second kappa shape index (κ2) is 7.92. The molecule has 1 aromatic carbocycles. The first-order valence-corrected chi connectivity index (χ1v) is 6.49. The summed E-state index contributed by atoms with van der Waals surface area (Å²) in [7, 11) is 0. The average molecular weight is 245 g/mol. The molecule has 0 aliphatic heterocycles. The van der Waals surface area contributed by atoms with Gasteiger partial charge in [0.25, 0.3) is 0 Å². The summed E-state index contributed by atoms with van der Waals surface area (Å²) in [4.78, 5) is 0. The van der Waals surface area contributed by atoms with E-state index < -0.39 is 0 Å². The van der Waals surface area contributed by atoms with Crippen LogP contribution in [0.4, 0.5) is 0 Å². The van der Waals surface area contributed by atoms with Crippen molar-refractivity contribution in [1.82, 2.24) is 5.32 Å². The van der Waals surface area contributed by atoms with Gasteiger partial charge in [-0.25, -0.2) is 0 Å². The molecule has 0 radical (unpaired) electrons. The van der Waals surface area contributed by atoms with E-state index in [4.69, 9.17) is 5.11 Å². The molecule has 0 aliphatic rings. The smallest absolute Gasteiger partial charge is 0.0580 e. The van der Waals surface area contributed by atoms with Gasteiger partial charge >= 0.3 is 0 Å². The quantitative estimate of drug-likeness (QED) is 0.596. The molecule has 2 heteroatoms. The van der Waals surface area contributed by atoms with Gasteiger partial charge in [-0.2, -0.15) is 0 Å². The Morgan fingerprint density at radius 2 is 1.94 bits per heavy atom. The maximum Gasteiger partial charge on any atom is 0.0580 e. The molecule has 0 aliphatic carbocycles. The van der Waals surface area contributed by atoms with Crippen molar-refractivity contribution in [3.05, 3.63) is 35.9 Å². The van der Waals surface area contributed by atoms with Crippen LogP contribution in [-0.2, 0) is 0 Å². The van der Waals surface area contributed by atoms with Crippen LogP contribution in [0.5, 0.6) is 0 Å². The van der Waals surface area contributed by atoms with Crippen LogP contribution in [-0.4, -0.2) is 24.8 Å². The minimum atomic E-state index is 0.219. The molecular weight excluding hydrogens is 222 g/mol. The second-order valence-corrected chi connectivity index (χ2v) is 5.26. The predicted octanol–water partition coefficient (Wildman–Crippen LogP) is 2.43. The minimum Gasteiger partial charge on any atom is -0.396 e. The maximum absolute atomic E-state index is 8.82. The molecule has 2 N–H and O–H groups in total. The standard InChI is InChI=1S/C16H23NO/c1-16(2,11-7-13-18)14-17-12-6-10-15-8-4-3-5-9-15/h3-5,8-9,17-18H,7,11-14H2,1-2H3. The molecule has 0 unspecified atom stereocenters. The monoisotopic (exact) mass is 245 g/mol. The van der Waals surface area contributed by atoms with Crippen molar-refractivity contribution in [2.45, 2.75) is 26.7 Å². The van der Waals surface area contributed by atoms with Crippen molar-refractivity contribution in [3.63, 3.8) is 0 Å². The number of hydrogen-bond acceptors (Lipinski definition) is 2. The van der Waals surface area contributed by atoms with Crippen molar-refractivity contribution in [3.8, 4) is 11.8 Å². The highest BCUT2D eigenvalue weighted by atomic mass is 16.2. The summed E-state index contributed by atoms with van der Waals surface area (Å²) in [5, 5.41) is 12.2. The third kappa shape index (κ3) is 6.44. The third-order valence-corrected chi connectivity index (χ3v) is 2.84. The number of aliphatic hydroxyl groups excluding tert-OH is 1. The zero-order chi connectivity index (χ0) is 13.3. The van der Waals surface area contributed by atoms with Gasteiger partial charge in [-0.05, 0) is 30.4 Å².